The van der Waals surface area contributed by atoms with Gasteiger partial charge in [-0.05, 0) is 58.7 Å². The predicted octanol–water partition coefficient (Wildman–Crippen LogP) is 5.34. The molecule has 0 spiro atoms. The molecule has 0 bridgehead atoms. The van der Waals surface area contributed by atoms with Crippen molar-refractivity contribution in [3.8, 4) is 0 Å². The zero-order valence-electron chi connectivity index (χ0n) is 11.8. The van der Waals surface area contributed by atoms with Crippen molar-refractivity contribution >= 4 is 38.9 Å². The second-order valence-corrected chi connectivity index (χ2v) is 6.24. The summed E-state index contributed by atoms with van der Waals surface area (Å²) in [5.41, 5.74) is 3.50. The van der Waals surface area contributed by atoms with Crippen molar-refractivity contribution in [2.45, 2.75) is 13.0 Å². The Morgan fingerprint density at radius 1 is 1.10 bits per heavy atom. The quantitative estimate of drug-likeness (QED) is 0.798. The first-order valence-electron chi connectivity index (χ1n) is 6.46. The van der Waals surface area contributed by atoms with E-state index in [1.54, 1.807) is 0 Å². The Bertz CT molecular complexity index is 582. The lowest BCUT2D eigenvalue weighted by molar-refractivity contribution is 0.884. The van der Waals surface area contributed by atoms with Gasteiger partial charge in [0.2, 0.25) is 0 Å². The van der Waals surface area contributed by atoms with E-state index in [2.05, 4.69) is 57.3 Å². The van der Waals surface area contributed by atoms with E-state index in [0.717, 1.165) is 15.2 Å². The van der Waals surface area contributed by atoms with Gasteiger partial charge in [0.1, 0.15) is 0 Å². The third kappa shape index (κ3) is 3.68. The molecule has 1 unspecified atom stereocenters. The molecule has 0 aromatic heterocycles. The van der Waals surface area contributed by atoms with E-state index in [9.17, 15) is 0 Å². The maximum absolute atomic E-state index is 6.00. The summed E-state index contributed by atoms with van der Waals surface area (Å²) in [6.45, 7) is 2.15. The summed E-state index contributed by atoms with van der Waals surface area (Å²) < 4.78 is 0.902. The SMILES string of the molecule is CC(Nc1ccc(Cl)c(Br)c1)c1ccc(N(C)C)cc1. The van der Waals surface area contributed by atoms with E-state index in [1.807, 2.05) is 32.3 Å². The molecule has 2 aromatic carbocycles. The molecule has 0 amide bonds. The third-order valence-corrected chi connectivity index (χ3v) is 4.43. The van der Waals surface area contributed by atoms with Crippen molar-refractivity contribution in [1.82, 2.24) is 0 Å². The van der Waals surface area contributed by atoms with Gasteiger partial charge < -0.3 is 10.2 Å². The average Bonchev–Trinajstić information content (AvgIpc) is 2.43. The highest BCUT2D eigenvalue weighted by atomic mass is 79.9. The third-order valence-electron chi connectivity index (χ3n) is 3.21. The Kier molecular flexibility index (Phi) is 4.95. The van der Waals surface area contributed by atoms with Gasteiger partial charge in [-0.3, -0.25) is 0 Å². The van der Waals surface area contributed by atoms with Gasteiger partial charge in [0.05, 0.1) is 5.02 Å². The molecule has 0 aliphatic rings. The summed E-state index contributed by atoms with van der Waals surface area (Å²) in [4.78, 5) is 2.10. The summed E-state index contributed by atoms with van der Waals surface area (Å²) in [7, 11) is 4.09. The molecule has 106 valence electrons. The van der Waals surface area contributed by atoms with E-state index in [4.69, 9.17) is 11.6 Å². The van der Waals surface area contributed by atoms with E-state index in [1.165, 1.54) is 11.3 Å². The highest BCUT2D eigenvalue weighted by Crippen LogP contribution is 2.28. The van der Waals surface area contributed by atoms with Crippen LogP contribution in [0.4, 0.5) is 11.4 Å². The topological polar surface area (TPSA) is 15.3 Å². The number of benzene rings is 2. The van der Waals surface area contributed by atoms with Gasteiger partial charge in [-0.1, -0.05) is 23.7 Å². The minimum atomic E-state index is 0.235. The normalized spacial score (nSPS) is 12.1. The zero-order valence-corrected chi connectivity index (χ0v) is 14.2. The summed E-state index contributed by atoms with van der Waals surface area (Å²) in [5.74, 6) is 0. The highest BCUT2D eigenvalue weighted by molar-refractivity contribution is 9.10. The van der Waals surface area contributed by atoms with Crippen LogP contribution in [0.5, 0.6) is 0 Å². The zero-order chi connectivity index (χ0) is 14.7. The molecule has 0 fully saturated rings. The van der Waals surface area contributed by atoms with E-state index >= 15 is 0 Å². The van der Waals surface area contributed by atoms with E-state index in [0.29, 0.717) is 0 Å². The molecular weight excluding hydrogens is 336 g/mol. The van der Waals surface area contributed by atoms with Crippen LogP contribution < -0.4 is 10.2 Å². The standard InChI is InChI=1S/C16H18BrClN2/c1-11(12-4-7-14(8-5-12)20(2)3)19-13-6-9-16(18)15(17)10-13/h4-11,19H,1-3H3. The molecule has 2 nitrogen and oxygen atoms in total. The highest BCUT2D eigenvalue weighted by Gasteiger charge is 2.07. The number of nitrogens with one attached hydrogen (secondary N) is 1. The first-order chi connectivity index (χ1) is 9.47. The number of halogens is 2. The van der Waals surface area contributed by atoms with Gasteiger partial charge in [-0.15, -0.1) is 0 Å². The smallest absolute Gasteiger partial charge is 0.0549 e. The molecule has 0 saturated heterocycles. The maximum atomic E-state index is 6.00. The van der Waals surface area contributed by atoms with Gasteiger partial charge in [-0.2, -0.15) is 0 Å². The van der Waals surface area contributed by atoms with Crippen LogP contribution in [0.1, 0.15) is 18.5 Å². The molecule has 0 aliphatic heterocycles. The van der Waals surface area contributed by atoms with Crippen LogP contribution in [0.25, 0.3) is 0 Å². The van der Waals surface area contributed by atoms with Crippen molar-refractivity contribution in [3.63, 3.8) is 0 Å². The van der Waals surface area contributed by atoms with Gasteiger partial charge >= 0.3 is 0 Å². The van der Waals surface area contributed by atoms with Crippen molar-refractivity contribution < 1.29 is 0 Å². The van der Waals surface area contributed by atoms with Gasteiger partial charge in [0.15, 0.2) is 0 Å². The minimum absolute atomic E-state index is 0.235. The Labute approximate surface area is 133 Å². The minimum Gasteiger partial charge on any atom is -0.378 e. The number of nitrogens with zero attached hydrogens (tertiary/aromatic N) is 1. The average molecular weight is 354 g/mol. The number of hydrogen-bond acceptors (Lipinski definition) is 2. The molecule has 0 heterocycles. The molecule has 1 N–H and O–H groups in total. The Hall–Kier alpha value is -1.19. The molecule has 20 heavy (non-hydrogen) atoms. The molecule has 4 heteroatoms. The summed E-state index contributed by atoms with van der Waals surface area (Å²) in [5, 5.41) is 4.19. The first-order valence-corrected chi connectivity index (χ1v) is 7.63. The van der Waals surface area contributed by atoms with E-state index < -0.39 is 0 Å². The largest absolute Gasteiger partial charge is 0.378 e. The number of rotatable bonds is 4. The van der Waals surface area contributed by atoms with Gasteiger partial charge in [0.25, 0.3) is 0 Å². The Morgan fingerprint density at radius 2 is 1.75 bits per heavy atom. The Morgan fingerprint density at radius 3 is 2.30 bits per heavy atom. The second-order valence-electron chi connectivity index (χ2n) is 4.98. The summed E-state index contributed by atoms with van der Waals surface area (Å²) in [6.07, 6.45) is 0. The first kappa shape index (κ1) is 15.2. The fourth-order valence-electron chi connectivity index (χ4n) is 1.98. The van der Waals surface area contributed by atoms with Gasteiger partial charge in [0, 0.05) is 36.0 Å². The summed E-state index contributed by atoms with van der Waals surface area (Å²) in [6, 6.07) is 14.7. The number of hydrogen-bond donors (Lipinski definition) is 1. The van der Waals surface area contributed by atoms with Gasteiger partial charge in [-0.25, -0.2) is 0 Å². The van der Waals surface area contributed by atoms with Crippen LogP contribution in [0.2, 0.25) is 5.02 Å². The fraction of sp³-hybridized carbons (Fsp3) is 0.250. The predicted molar refractivity (Wildman–Crippen MR) is 92.0 cm³/mol. The van der Waals surface area contributed by atoms with Crippen LogP contribution in [0, 0.1) is 0 Å². The monoisotopic (exact) mass is 352 g/mol. The van der Waals surface area contributed by atoms with Crippen molar-refractivity contribution in [3.05, 3.63) is 57.5 Å². The lowest BCUT2D eigenvalue weighted by Crippen LogP contribution is -2.10. The van der Waals surface area contributed by atoms with Crippen LogP contribution in [-0.4, -0.2) is 14.1 Å². The molecule has 2 rings (SSSR count). The van der Waals surface area contributed by atoms with E-state index in [-0.39, 0.29) is 6.04 Å². The maximum Gasteiger partial charge on any atom is 0.0549 e. The van der Waals surface area contributed by atoms with Crippen molar-refractivity contribution in [1.29, 1.82) is 0 Å². The van der Waals surface area contributed by atoms with Crippen molar-refractivity contribution in [2.75, 3.05) is 24.3 Å². The van der Waals surface area contributed by atoms with Crippen LogP contribution in [-0.2, 0) is 0 Å². The van der Waals surface area contributed by atoms with Crippen molar-refractivity contribution in [2.24, 2.45) is 0 Å². The molecule has 0 aliphatic carbocycles. The van der Waals surface area contributed by atoms with Crippen LogP contribution in [0.3, 0.4) is 0 Å². The fourth-order valence-corrected chi connectivity index (χ4v) is 2.48. The lowest BCUT2D eigenvalue weighted by Gasteiger charge is -2.18. The molecule has 2 aromatic rings. The lowest BCUT2D eigenvalue weighted by atomic mass is 10.1. The molecule has 1 atom stereocenters. The van der Waals surface area contributed by atoms with Crippen LogP contribution >= 0.6 is 27.5 Å². The second kappa shape index (κ2) is 6.51. The molecule has 0 saturated carbocycles. The molecular formula is C16H18BrClN2. The van der Waals surface area contributed by atoms with Crippen LogP contribution in [0.15, 0.2) is 46.9 Å². The molecule has 0 radical (unpaired) electrons. The summed E-state index contributed by atoms with van der Waals surface area (Å²) >= 11 is 9.44. The number of anilines is 2. The Balaban J connectivity index is 2.10.